The molecule has 0 aromatic heterocycles. The maximum absolute atomic E-state index is 12.4. The van der Waals surface area contributed by atoms with Crippen LogP contribution in [0.15, 0.2) is 0 Å². The first kappa shape index (κ1) is 15.4. The van der Waals surface area contributed by atoms with Gasteiger partial charge >= 0.3 is 0 Å². The predicted octanol–water partition coefficient (Wildman–Crippen LogP) is 1.99. The molecule has 1 heterocycles. The van der Waals surface area contributed by atoms with Crippen LogP contribution in [0.2, 0.25) is 0 Å². The Labute approximate surface area is 111 Å². The highest BCUT2D eigenvalue weighted by atomic mass is 16.5. The number of amides is 1. The molecule has 1 N–H and O–H groups in total. The third kappa shape index (κ3) is 3.45. The number of hydrogen-bond donors (Lipinski definition) is 1. The summed E-state index contributed by atoms with van der Waals surface area (Å²) < 4.78 is 5.46. The molecule has 0 aliphatic carbocycles. The first-order valence-electron chi connectivity index (χ1n) is 7.18. The minimum absolute atomic E-state index is 0.0365. The summed E-state index contributed by atoms with van der Waals surface area (Å²) in [6.07, 6.45) is 2.25. The van der Waals surface area contributed by atoms with E-state index in [-0.39, 0.29) is 24.2 Å². The smallest absolute Gasteiger partial charge is 0.241 e. The van der Waals surface area contributed by atoms with Crippen molar-refractivity contribution in [2.24, 2.45) is 5.92 Å². The molecular weight excluding hydrogens is 228 g/mol. The zero-order chi connectivity index (χ0) is 13.7. The lowest BCUT2D eigenvalue weighted by Crippen LogP contribution is -2.45. The van der Waals surface area contributed by atoms with E-state index in [0.29, 0.717) is 19.1 Å². The second kappa shape index (κ2) is 7.10. The zero-order valence-electron chi connectivity index (χ0n) is 12.4. The Balaban J connectivity index is 2.73. The number of carbonyl (C=O) groups is 1. The van der Waals surface area contributed by atoms with Crippen LogP contribution in [-0.4, -0.2) is 42.3 Å². The number of rotatable bonds is 7. The Morgan fingerprint density at radius 3 is 2.50 bits per heavy atom. The van der Waals surface area contributed by atoms with Crippen molar-refractivity contribution in [3.8, 4) is 0 Å². The fraction of sp³-hybridized carbons (Fsp3) is 0.929. The van der Waals surface area contributed by atoms with E-state index >= 15 is 0 Å². The van der Waals surface area contributed by atoms with Crippen molar-refractivity contribution in [2.45, 2.75) is 65.7 Å². The fourth-order valence-electron chi connectivity index (χ4n) is 2.54. The lowest BCUT2D eigenvalue weighted by atomic mass is 10.0. The monoisotopic (exact) mass is 256 g/mol. The van der Waals surface area contributed by atoms with Crippen LogP contribution in [0.5, 0.6) is 0 Å². The highest BCUT2D eigenvalue weighted by Gasteiger charge is 2.41. The van der Waals surface area contributed by atoms with Crippen LogP contribution in [-0.2, 0) is 9.53 Å². The van der Waals surface area contributed by atoms with Crippen LogP contribution in [0.25, 0.3) is 0 Å². The Bertz CT molecular complexity index is 269. The summed E-state index contributed by atoms with van der Waals surface area (Å²) in [5, 5.41) is 3.47. The Morgan fingerprint density at radius 1 is 1.33 bits per heavy atom. The van der Waals surface area contributed by atoms with Gasteiger partial charge in [0.15, 0.2) is 0 Å². The molecule has 0 aromatic carbocycles. The molecule has 1 saturated heterocycles. The molecule has 3 unspecified atom stereocenters. The third-order valence-corrected chi connectivity index (χ3v) is 3.50. The van der Waals surface area contributed by atoms with Gasteiger partial charge in [-0.3, -0.25) is 10.1 Å². The molecule has 1 rings (SSSR count). The van der Waals surface area contributed by atoms with Gasteiger partial charge in [-0.2, -0.15) is 0 Å². The van der Waals surface area contributed by atoms with E-state index < -0.39 is 0 Å². The summed E-state index contributed by atoms with van der Waals surface area (Å²) in [6, 6.07) is 0.107. The Kier molecular flexibility index (Phi) is 6.09. The van der Waals surface area contributed by atoms with E-state index in [1.54, 1.807) is 0 Å². The molecule has 3 atom stereocenters. The van der Waals surface area contributed by atoms with Crippen molar-refractivity contribution in [3.05, 3.63) is 0 Å². The van der Waals surface area contributed by atoms with Crippen LogP contribution < -0.4 is 5.32 Å². The third-order valence-electron chi connectivity index (χ3n) is 3.50. The van der Waals surface area contributed by atoms with Gasteiger partial charge in [0.05, 0.1) is 24.9 Å². The van der Waals surface area contributed by atoms with Crippen molar-refractivity contribution in [3.63, 3.8) is 0 Å². The molecule has 4 heteroatoms. The average Bonchev–Trinajstić information content (AvgIpc) is 2.64. The topological polar surface area (TPSA) is 41.6 Å². The molecular formula is C14H28N2O2. The molecule has 0 radical (unpaired) electrons. The van der Waals surface area contributed by atoms with Crippen LogP contribution in [0, 0.1) is 5.92 Å². The summed E-state index contributed by atoms with van der Waals surface area (Å²) in [4.78, 5) is 14.4. The highest BCUT2D eigenvalue weighted by Crippen LogP contribution is 2.22. The average molecular weight is 256 g/mol. The van der Waals surface area contributed by atoms with Crippen molar-refractivity contribution < 1.29 is 9.53 Å². The zero-order valence-corrected chi connectivity index (χ0v) is 12.4. The molecule has 18 heavy (non-hydrogen) atoms. The number of hydrogen-bond acceptors (Lipinski definition) is 3. The van der Waals surface area contributed by atoms with E-state index in [2.05, 4.69) is 33.0 Å². The summed E-state index contributed by atoms with van der Waals surface area (Å²) in [5.74, 6) is 0.566. The van der Waals surface area contributed by atoms with Crippen molar-refractivity contribution in [1.82, 2.24) is 10.2 Å². The quantitative estimate of drug-likeness (QED) is 0.757. The largest absolute Gasteiger partial charge is 0.380 e. The predicted molar refractivity (Wildman–Crippen MR) is 73.3 cm³/mol. The van der Waals surface area contributed by atoms with E-state index in [1.165, 1.54) is 0 Å². The van der Waals surface area contributed by atoms with Gasteiger partial charge in [-0.15, -0.1) is 0 Å². The first-order valence-corrected chi connectivity index (χ1v) is 7.18. The van der Waals surface area contributed by atoms with Crippen molar-refractivity contribution >= 4 is 5.91 Å². The van der Waals surface area contributed by atoms with Crippen molar-refractivity contribution in [1.29, 1.82) is 0 Å². The molecule has 0 saturated carbocycles. The maximum Gasteiger partial charge on any atom is 0.241 e. The summed E-state index contributed by atoms with van der Waals surface area (Å²) in [5.41, 5.74) is 0. The van der Waals surface area contributed by atoms with Crippen LogP contribution >= 0.6 is 0 Å². The lowest BCUT2D eigenvalue weighted by Gasteiger charge is -2.30. The van der Waals surface area contributed by atoms with Gasteiger partial charge in [-0.25, -0.2) is 0 Å². The van der Waals surface area contributed by atoms with E-state index in [1.807, 2.05) is 11.8 Å². The lowest BCUT2D eigenvalue weighted by molar-refractivity contribution is -0.134. The molecule has 0 aromatic rings. The van der Waals surface area contributed by atoms with Gasteiger partial charge in [-0.05, 0) is 26.2 Å². The molecule has 0 spiro atoms. The number of ether oxygens (including phenoxy) is 1. The Hall–Kier alpha value is -0.610. The normalized spacial score (nSPS) is 26.1. The van der Waals surface area contributed by atoms with Gasteiger partial charge in [0.25, 0.3) is 0 Å². The van der Waals surface area contributed by atoms with Crippen LogP contribution in [0.3, 0.4) is 0 Å². The molecule has 1 fully saturated rings. The number of nitrogens with zero attached hydrogens (tertiary/aromatic N) is 1. The maximum atomic E-state index is 12.4. The molecule has 1 aliphatic rings. The van der Waals surface area contributed by atoms with Crippen molar-refractivity contribution in [2.75, 3.05) is 13.2 Å². The molecule has 4 nitrogen and oxygen atoms in total. The van der Waals surface area contributed by atoms with Gasteiger partial charge in [0.2, 0.25) is 5.91 Å². The molecule has 1 aliphatic heterocycles. The molecule has 0 bridgehead atoms. The van der Waals surface area contributed by atoms with Gasteiger partial charge in [-0.1, -0.05) is 27.2 Å². The number of carbonyl (C=O) groups excluding carboxylic acids is 1. The first-order chi connectivity index (χ1) is 8.52. The summed E-state index contributed by atoms with van der Waals surface area (Å²) in [6.45, 7) is 11.7. The fourth-order valence-corrected chi connectivity index (χ4v) is 2.54. The standard InChI is InChI=1S/C14H28N2O2/c1-6-8-12-15-13(10(3)4)14(17)16(12)11(5)9-18-7-2/h10-13,15H,6-9H2,1-5H3. The Morgan fingerprint density at radius 2 is 2.00 bits per heavy atom. The minimum atomic E-state index is -0.0365. The van der Waals surface area contributed by atoms with Crippen LogP contribution in [0.1, 0.15) is 47.5 Å². The molecule has 1 amide bonds. The van der Waals surface area contributed by atoms with Gasteiger partial charge in [0, 0.05) is 6.61 Å². The van der Waals surface area contributed by atoms with E-state index in [9.17, 15) is 4.79 Å². The number of nitrogens with one attached hydrogen (secondary N) is 1. The van der Waals surface area contributed by atoms with E-state index in [0.717, 1.165) is 12.8 Å². The van der Waals surface area contributed by atoms with E-state index in [4.69, 9.17) is 4.74 Å². The highest BCUT2D eigenvalue weighted by molar-refractivity contribution is 5.84. The van der Waals surface area contributed by atoms with Crippen LogP contribution in [0.4, 0.5) is 0 Å². The second-order valence-corrected chi connectivity index (χ2v) is 5.45. The summed E-state index contributed by atoms with van der Waals surface area (Å²) >= 11 is 0. The SMILES string of the molecule is CCCC1NC(C(C)C)C(=O)N1C(C)COCC. The van der Waals surface area contributed by atoms with Gasteiger partial charge in [0.1, 0.15) is 0 Å². The van der Waals surface area contributed by atoms with Gasteiger partial charge < -0.3 is 9.64 Å². The summed E-state index contributed by atoms with van der Waals surface area (Å²) in [7, 11) is 0. The second-order valence-electron chi connectivity index (χ2n) is 5.45. The minimum Gasteiger partial charge on any atom is -0.380 e. The molecule has 106 valence electrons.